The van der Waals surface area contributed by atoms with Crippen LogP contribution in [0.4, 0.5) is 5.69 Å². The molecule has 5 rings (SSSR count). The van der Waals surface area contributed by atoms with Crippen LogP contribution in [-0.2, 0) is 4.79 Å². The number of halogens is 2. The van der Waals surface area contributed by atoms with Crippen molar-refractivity contribution in [3.05, 3.63) is 92.2 Å². The summed E-state index contributed by atoms with van der Waals surface area (Å²) < 4.78 is 1.58. The molecule has 5 aromatic rings. The molecular weight excluding hydrogens is 503 g/mol. The van der Waals surface area contributed by atoms with Crippen molar-refractivity contribution in [2.75, 3.05) is 11.1 Å². The molecule has 2 aromatic heterocycles. The first-order chi connectivity index (χ1) is 16.8. The number of hydrogen-bond donors (Lipinski definition) is 2. The van der Waals surface area contributed by atoms with E-state index in [2.05, 4.69) is 10.3 Å². The first-order valence-corrected chi connectivity index (χ1v) is 12.6. The van der Waals surface area contributed by atoms with Crippen LogP contribution in [-0.4, -0.2) is 26.2 Å². The van der Waals surface area contributed by atoms with Crippen LogP contribution in [0.25, 0.3) is 27.6 Å². The normalized spacial score (nSPS) is 11.3. The van der Waals surface area contributed by atoms with Gasteiger partial charge in [0.1, 0.15) is 11.0 Å². The van der Waals surface area contributed by atoms with Gasteiger partial charge in [-0.3, -0.25) is 14.2 Å². The van der Waals surface area contributed by atoms with Crippen molar-refractivity contribution >= 4 is 68.5 Å². The van der Waals surface area contributed by atoms with E-state index in [1.165, 1.54) is 11.8 Å². The van der Waals surface area contributed by atoms with Crippen LogP contribution in [0.5, 0.6) is 0 Å². The van der Waals surface area contributed by atoms with Gasteiger partial charge < -0.3 is 10.3 Å². The molecule has 0 atom stereocenters. The van der Waals surface area contributed by atoms with E-state index in [1.807, 2.05) is 56.3 Å². The number of rotatable bonds is 5. The number of benzene rings is 3. The van der Waals surface area contributed by atoms with Crippen LogP contribution in [0.1, 0.15) is 11.1 Å². The third-order valence-electron chi connectivity index (χ3n) is 5.85. The lowest BCUT2D eigenvalue weighted by Gasteiger charge is -2.15. The van der Waals surface area contributed by atoms with E-state index >= 15 is 0 Å². The summed E-state index contributed by atoms with van der Waals surface area (Å²) in [6.45, 7) is 3.97. The molecule has 0 aliphatic carbocycles. The minimum absolute atomic E-state index is 0.0470. The quantitative estimate of drug-likeness (QED) is 0.203. The van der Waals surface area contributed by atoms with E-state index in [0.29, 0.717) is 31.9 Å². The molecule has 0 saturated carbocycles. The van der Waals surface area contributed by atoms with Gasteiger partial charge in [-0.2, -0.15) is 0 Å². The lowest BCUT2D eigenvalue weighted by atomic mass is 10.1. The molecule has 0 saturated heterocycles. The topological polar surface area (TPSA) is 79.8 Å². The van der Waals surface area contributed by atoms with Gasteiger partial charge in [0, 0.05) is 16.6 Å². The molecule has 35 heavy (non-hydrogen) atoms. The summed E-state index contributed by atoms with van der Waals surface area (Å²) in [5, 5.41) is 4.87. The van der Waals surface area contributed by atoms with Crippen LogP contribution in [0.2, 0.25) is 10.0 Å². The average Bonchev–Trinajstić information content (AvgIpc) is 3.21. The van der Waals surface area contributed by atoms with E-state index < -0.39 is 0 Å². The number of H-pyrrole nitrogens is 1. The molecule has 3 aromatic carbocycles. The van der Waals surface area contributed by atoms with Crippen molar-refractivity contribution < 1.29 is 4.79 Å². The molecule has 2 heterocycles. The number of para-hydroxylation sites is 1. The second kappa shape index (κ2) is 9.41. The van der Waals surface area contributed by atoms with Gasteiger partial charge in [-0.15, -0.1) is 0 Å². The molecular formula is C26H20Cl2N4O2S. The number of nitrogens with one attached hydrogen (secondary N) is 2. The van der Waals surface area contributed by atoms with E-state index in [1.54, 1.807) is 22.8 Å². The summed E-state index contributed by atoms with van der Waals surface area (Å²) >= 11 is 13.2. The number of fused-ring (bicyclic) bond motifs is 3. The summed E-state index contributed by atoms with van der Waals surface area (Å²) in [7, 11) is 0. The number of thioether (sulfide) groups is 1. The molecule has 0 bridgehead atoms. The van der Waals surface area contributed by atoms with Gasteiger partial charge in [0.15, 0.2) is 5.16 Å². The highest BCUT2D eigenvalue weighted by Gasteiger charge is 2.19. The highest BCUT2D eigenvalue weighted by molar-refractivity contribution is 7.99. The fraction of sp³-hybridized carbons (Fsp3) is 0.115. The van der Waals surface area contributed by atoms with E-state index in [4.69, 9.17) is 28.2 Å². The third kappa shape index (κ3) is 4.43. The van der Waals surface area contributed by atoms with Crippen molar-refractivity contribution in [3.8, 4) is 5.69 Å². The molecule has 1 amide bonds. The molecule has 2 N–H and O–H groups in total. The second-order valence-electron chi connectivity index (χ2n) is 8.11. The maximum absolute atomic E-state index is 13.7. The van der Waals surface area contributed by atoms with Crippen LogP contribution in [0.15, 0.2) is 70.6 Å². The molecule has 6 nitrogen and oxygen atoms in total. The number of nitrogens with zero attached hydrogens (tertiary/aromatic N) is 2. The lowest BCUT2D eigenvalue weighted by molar-refractivity contribution is -0.113. The van der Waals surface area contributed by atoms with Crippen molar-refractivity contribution in [1.82, 2.24) is 14.5 Å². The Kier molecular flexibility index (Phi) is 6.32. The Balaban J connectivity index is 1.57. The summed E-state index contributed by atoms with van der Waals surface area (Å²) in [5.74, 6) is -0.208. The first kappa shape index (κ1) is 23.5. The largest absolute Gasteiger partial charge is 0.349 e. The Hall–Kier alpha value is -3.26. The standard InChI is InChI=1S/C26H20Cl2N4O2S/c1-14-6-5-9-21(15(14)2)32-25(34)24-23(17-7-3-4-8-20(17)30-24)31-26(32)35-13-22(33)29-16-10-11-18(27)19(28)12-16/h3-12,30H,13H2,1-2H3,(H,29,33). The molecule has 0 spiro atoms. The minimum Gasteiger partial charge on any atom is -0.349 e. The van der Waals surface area contributed by atoms with Crippen LogP contribution in [0.3, 0.4) is 0 Å². The predicted molar refractivity (Wildman–Crippen MR) is 144 cm³/mol. The molecule has 0 fully saturated rings. The van der Waals surface area contributed by atoms with Crippen molar-refractivity contribution in [3.63, 3.8) is 0 Å². The number of anilines is 1. The Morgan fingerprint density at radius 3 is 2.66 bits per heavy atom. The van der Waals surface area contributed by atoms with Crippen molar-refractivity contribution in [1.29, 1.82) is 0 Å². The Morgan fingerprint density at radius 1 is 1.06 bits per heavy atom. The predicted octanol–water partition coefficient (Wildman–Crippen LogP) is 6.52. The molecule has 0 aliphatic rings. The molecule has 0 radical (unpaired) electrons. The maximum Gasteiger partial charge on any atom is 0.283 e. The zero-order valence-corrected chi connectivity index (χ0v) is 21.2. The van der Waals surface area contributed by atoms with Gasteiger partial charge in [0.2, 0.25) is 5.91 Å². The Labute approximate surface area is 215 Å². The van der Waals surface area contributed by atoms with Crippen molar-refractivity contribution in [2.45, 2.75) is 19.0 Å². The van der Waals surface area contributed by atoms with E-state index in [-0.39, 0.29) is 17.2 Å². The summed E-state index contributed by atoms with van der Waals surface area (Å²) in [6, 6.07) is 18.3. The van der Waals surface area contributed by atoms with Gasteiger partial charge in [-0.25, -0.2) is 4.98 Å². The van der Waals surface area contributed by atoms with Gasteiger partial charge in [-0.05, 0) is 55.3 Å². The summed E-state index contributed by atoms with van der Waals surface area (Å²) in [6.07, 6.45) is 0. The zero-order valence-electron chi connectivity index (χ0n) is 18.9. The van der Waals surface area contributed by atoms with Gasteiger partial charge in [0.25, 0.3) is 5.56 Å². The number of aromatic amines is 1. The van der Waals surface area contributed by atoms with Crippen LogP contribution in [0, 0.1) is 13.8 Å². The number of hydrogen-bond acceptors (Lipinski definition) is 4. The maximum atomic E-state index is 13.7. The molecule has 176 valence electrons. The number of aromatic nitrogens is 3. The Bertz CT molecular complexity index is 1680. The van der Waals surface area contributed by atoms with Gasteiger partial charge >= 0.3 is 0 Å². The SMILES string of the molecule is Cc1cccc(-n2c(SCC(=O)Nc3ccc(Cl)c(Cl)c3)nc3c([nH]c4ccccc43)c2=O)c1C. The average molecular weight is 523 g/mol. The van der Waals surface area contributed by atoms with Crippen LogP contribution < -0.4 is 10.9 Å². The molecule has 0 aliphatic heterocycles. The third-order valence-corrected chi connectivity index (χ3v) is 7.52. The molecule has 9 heteroatoms. The van der Waals surface area contributed by atoms with Gasteiger partial charge in [0.05, 0.1) is 21.5 Å². The smallest absolute Gasteiger partial charge is 0.283 e. The van der Waals surface area contributed by atoms with E-state index in [9.17, 15) is 9.59 Å². The molecule has 0 unspecified atom stereocenters. The fourth-order valence-corrected chi connectivity index (χ4v) is 5.03. The van der Waals surface area contributed by atoms with Crippen LogP contribution >= 0.6 is 35.0 Å². The van der Waals surface area contributed by atoms with Gasteiger partial charge in [-0.1, -0.05) is 65.3 Å². The summed E-state index contributed by atoms with van der Waals surface area (Å²) in [5.41, 5.74) is 4.92. The van der Waals surface area contributed by atoms with E-state index in [0.717, 1.165) is 27.7 Å². The minimum atomic E-state index is -0.255. The summed E-state index contributed by atoms with van der Waals surface area (Å²) in [4.78, 5) is 34.5. The Morgan fingerprint density at radius 2 is 1.86 bits per heavy atom. The van der Waals surface area contributed by atoms with Crippen molar-refractivity contribution in [2.24, 2.45) is 0 Å². The second-order valence-corrected chi connectivity index (χ2v) is 9.87. The monoisotopic (exact) mass is 522 g/mol. The number of carbonyl (C=O) groups is 1. The number of carbonyl (C=O) groups excluding carboxylic acids is 1. The zero-order chi connectivity index (χ0) is 24.7. The lowest BCUT2D eigenvalue weighted by Crippen LogP contribution is -2.23. The highest BCUT2D eigenvalue weighted by atomic mass is 35.5. The number of aryl methyl sites for hydroxylation is 1. The highest BCUT2D eigenvalue weighted by Crippen LogP contribution is 2.29. The number of amides is 1. The fourth-order valence-electron chi connectivity index (χ4n) is 3.93. The first-order valence-electron chi connectivity index (χ1n) is 10.8.